The van der Waals surface area contributed by atoms with Crippen LogP contribution in [0.5, 0.6) is 0 Å². The van der Waals surface area contributed by atoms with Gasteiger partial charge >= 0.3 is 0 Å². The molecule has 2 aromatic rings. The highest BCUT2D eigenvalue weighted by atomic mass is 79.9. The Labute approximate surface area is 102 Å². The van der Waals surface area contributed by atoms with Crippen molar-refractivity contribution < 1.29 is 0 Å². The maximum Gasteiger partial charge on any atom is 0.115 e. The molecule has 3 nitrogen and oxygen atoms in total. The molecule has 0 aliphatic carbocycles. The first-order chi connectivity index (χ1) is 7.81. The lowest BCUT2D eigenvalue weighted by molar-refractivity contribution is 1.20. The van der Waals surface area contributed by atoms with Gasteiger partial charge in [0.05, 0.1) is 5.69 Å². The Bertz CT molecular complexity index is 491. The monoisotopic (exact) mass is 275 g/mol. The van der Waals surface area contributed by atoms with Crippen LogP contribution >= 0.6 is 15.9 Å². The van der Waals surface area contributed by atoms with Gasteiger partial charge in [0.2, 0.25) is 0 Å². The summed E-state index contributed by atoms with van der Waals surface area (Å²) in [4.78, 5) is 4.27. The number of benzene rings is 1. The average Bonchev–Trinajstić information content (AvgIpc) is 2.34. The van der Waals surface area contributed by atoms with Crippen molar-refractivity contribution in [1.29, 1.82) is 0 Å². The van der Waals surface area contributed by atoms with Gasteiger partial charge < -0.3 is 5.84 Å². The second-order valence-electron chi connectivity index (χ2n) is 3.21. The van der Waals surface area contributed by atoms with Crippen molar-refractivity contribution in [3.05, 3.63) is 64.4 Å². The molecule has 0 amide bonds. The fraction of sp³-hybridized carbons (Fsp3) is 0. The number of hydrazone groups is 1. The summed E-state index contributed by atoms with van der Waals surface area (Å²) in [7, 11) is 0. The minimum Gasteiger partial charge on any atom is -0.323 e. The molecule has 0 bridgehead atoms. The predicted octanol–water partition coefficient (Wildman–Crippen LogP) is 2.56. The Hall–Kier alpha value is -1.68. The molecule has 0 spiro atoms. The van der Waals surface area contributed by atoms with Crippen LogP contribution in [0.1, 0.15) is 11.3 Å². The van der Waals surface area contributed by atoms with Crippen molar-refractivity contribution >= 4 is 21.6 Å². The summed E-state index contributed by atoms with van der Waals surface area (Å²) in [5.41, 5.74) is 2.41. The van der Waals surface area contributed by atoms with Crippen LogP contribution in [0.4, 0.5) is 0 Å². The zero-order valence-electron chi connectivity index (χ0n) is 8.47. The molecule has 16 heavy (non-hydrogen) atoms. The Balaban J connectivity index is 2.42. The molecule has 2 rings (SSSR count). The predicted molar refractivity (Wildman–Crippen MR) is 68.2 cm³/mol. The van der Waals surface area contributed by atoms with E-state index in [1.807, 2.05) is 42.5 Å². The molecule has 0 saturated heterocycles. The molecular formula is C12H10BrN3. The largest absolute Gasteiger partial charge is 0.323 e. The molecule has 0 saturated carbocycles. The van der Waals surface area contributed by atoms with Crippen molar-refractivity contribution in [2.24, 2.45) is 10.9 Å². The fourth-order valence-corrected chi connectivity index (χ4v) is 1.64. The van der Waals surface area contributed by atoms with Crippen LogP contribution in [0.25, 0.3) is 0 Å². The van der Waals surface area contributed by atoms with Crippen molar-refractivity contribution in [2.45, 2.75) is 0 Å². The SMILES string of the molecule is NN=C(c1ccccc1)c1ccc(Br)cn1. The highest BCUT2D eigenvalue weighted by Crippen LogP contribution is 2.11. The average molecular weight is 276 g/mol. The number of hydrogen-bond acceptors (Lipinski definition) is 3. The van der Waals surface area contributed by atoms with E-state index in [1.54, 1.807) is 6.20 Å². The molecule has 0 aliphatic heterocycles. The Morgan fingerprint density at radius 2 is 1.88 bits per heavy atom. The summed E-state index contributed by atoms with van der Waals surface area (Å²) in [6, 6.07) is 13.5. The Kier molecular flexibility index (Phi) is 3.31. The van der Waals surface area contributed by atoms with Crippen LogP contribution in [-0.4, -0.2) is 10.7 Å². The first-order valence-corrected chi connectivity index (χ1v) is 5.56. The lowest BCUT2D eigenvalue weighted by Crippen LogP contribution is -2.08. The topological polar surface area (TPSA) is 51.3 Å². The molecule has 0 aliphatic rings. The standard InChI is InChI=1S/C12H10BrN3/c13-10-6-7-11(15-8-10)12(16-14)9-4-2-1-3-5-9/h1-8H,14H2. The maximum atomic E-state index is 5.41. The van der Waals surface area contributed by atoms with E-state index in [1.165, 1.54) is 0 Å². The van der Waals surface area contributed by atoms with E-state index in [0.29, 0.717) is 5.71 Å². The second kappa shape index (κ2) is 4.90. The molecule has 80 valence electrons. The first-order valence-electron chi connectivity index (χ1n) is 4.76. The zero-order chi connectivity index (χ0) is 11.4. The summed E-state index contributed by atoms with van der Waals surface area (Å²) < 4.78 is 0.931. The molecule has 2 N–H and O–H groups in total. The number of halogens is 1. The maximum absolute atomic E-state index is 5.41. The van der Waals surface area contributed by atoms with E-state index in [2.05, 4.69) is 26.0 Å². The zero-order valence-corrected chi connectivity index (χ0v) is 10.1. The minimum atomic E-state index is 0.688. The van der Waals surface area contributed by atoms with Gasteiger partial charge in [-0.05, 0) is 28.1 Å². The number of rotatable bonds is 2. The van der Waals surface area contributed by atoms with Crippen LogP contribution in [0, 0.1) is 0 Å². The van der Waals surface area contributed by atoms with E-state index in [9.17, 15) is 0 Å². The molecule has 0 unspecified atom stereocenters. The van der Waals surface area contributed by atoms with Gasteiger partial charge in [-0.15, -0.1) is 0 Å². The normalized spacial score (nSPS) is 11.4. The van der Waals surface area contributed by atoms with Gasteiger partial charge in [0, 0.05) is 16.2 Å². The summed E-state index contributed by atoms with van der Waals surface area (Å²) in [5, 5.41) is 3.80. The summed E-state index contributed by atoms with van der Waals surface area (Å²) in [5.74, 6) is 5.41. The number of pyridine rings is 1. The van der Waals surface area contributed by atoms with E-state index in [4.69, 9.17) is 5.84 Å². The van der Waals surface area contributed by atoms with E-state index >= 15 is 0 Å². The summed E-state index contributed by atoms with van der Waals surface area (Å²) >= 11 is 3.34. The summed E-state index contributed by atoms with van der Waals surface area (Å²) in [6.07, 6.45) is 1.73. The molecular weight excluding hydrogens is 266 g/mol. The highest BCUT2D eigenvalue weighted by molar-refractivity contribution is 9.10. The van der Waals surface area contributed by atoms with Crippen LogP contribution in [0.3, 0.4) is 0 Å². The lowest BCUT2D eigenvalue weighted by atomic mass is 10.1. The number of nitrogens with two attached hydrogens (primary N) is 1. The molecule has 0 atom stereocenters. The second-order valence-corrected chi connectivity index (χ2v) is 4.12. The van der Waals surface area contributed by atoms with Crippen LogP contribution in [0.2, 0.25) is 0 Å². The van der Waals surface area contributed by atoms with Crippen LogP contribution in [-0.2, 0) is 0 Å². The number of aromatic nitrogens is 1. The van der Waals surface area contributed by atoms with Crippen LogP contribution < -0.4 is 5.84 Å². The highest BCUT2D eigenvalue weighted by Gasteiger charge is 2.07. The third-order valence-electron chi connectivity index (χ3n) is 2.15. The quantitative estimate of drug-likeness (QED) is 0.520. The first kappa shape index (κ1) is 10.8. The van der Waals surface area contributed by atoms with Gasteiger partial charge in [-0.2, -0.15) is 5.10 Å². The van der Waals surface area contributed by atoms with Crippen LogP contribution in [0.15, 0.2) is 58.2 Å². The Morgan fingerprint density at radius 1 is 1.12 bits per heavy atom. The van der Waals surface area contributed by atoms with Gasteiger partial charge in [0.15, 0.2) is 0 Å². The molecule has 1 aromatic carbocycles. The third kappa shape index (κ3) is 2.28. The van der Waals surface area contributed by atoms with Gasteiger partial charge in [-0.3, -0.25) is 4.98 Å². The summed E-state index contributed by atoms with van der Waals surface area (Å²) in [6.45, 7) is 0. The number of hydrogen-bond donors (Lipinski definition) is 1. The third-order valence-corrected chi connectivity index (χ3v) is 2.62. The van der Waals surface area contributed by atoms with Gasteiger partial charge in [-0.25, -0.2) is 0 Å². The molecule has 0 fully saturated rings. The van der Waals surface area contributed by atoms with E-state index in [0.717, 1.165) is 15.7 Å². The molecule has 1 aromatic heterocycles. The van der Waals surface area contributed by atoms with Crippen molar-refractivity contribution in [3.8, 4) is 0 Å². The van der Waals surface area contributed by atoms with Gasteiger partial charge in [-0.1, -0.05) is 30.3 Å². The molecule has 0 radical (unpaired) electrons. The van der Waals surface area contributed by atoms with Gasteiger partial charge in [0.25, 0.3) is 0 Å². The van der Waals surface area contributed by atoms with Gasteiger partial charge in [0.1, 0.15) is 5.71 Å². The minimum absolute atomic E-state index is 0.688. The lowest BCUT2D eigenvalue weighted by Gasteiger charge is -2.04. The molecule has 1 heterocycles. The number of nitrogens with zero attached hydrogens (tertiary/aromatic N) is 2. The fourth-order valence-electron chi connectivity index (χ4n) is 1.40. The van der Waals surface area contributed by atoms with E-state index in [-0.39, 0.29) is 0 Å². The van der Waals surface area contributed by atoms with Crippen molar-refractivity contribution in [3.63, 3.8) is 0 Å². The van der Waals surface area contributed by atoms with Crippen molar-refractivity contribution in [1.82, 2.24) is 4.98 Å². The Morgan fingerprint density at radius 3 is 2.44 bits per heavy atom. The smallest absolute Gasteiger partial charge is 0.115 e. The molecule has 4 heteroatoms. The van der Waals surface area contributed by atoms with E-state index < -0.39 is 0 Å². The van der Waals surface area contributed by atoms with Crippen molar-refractivity contribution in [2.75, 3.05) is 0 Å².